The van der Waals surface area contributed by atoms with Gasteiger partial charge in [-0.05, 0) is 25.5 Å². The van der Waals surface area contributed by atoms with Crippen LogP contribution in [0.4, 0.5) is 5.69 Å². The number of rotatable bonds is 4. The second-order valence-electron chi connectivity index (χ2n) is 3.21. The molecule has 4 nitrogen and oxygen atoms in total. The molecule has 0 aliphatic heterocycles. The number of nitrogens with one attached hydrogen (secondary N) is 1. The molecule has 0 bridgehead atoms. The average Bonchev–Trinajstić information content (AvgIpc) is 2.08. The Bertz CT molecular complexity index is 337. The molecule has 1 heterocycles. The van der Waals surface area contributed by atoms with Crippen LogP contribution in [0.15, 0.2) is 12.3 Å². The number of aromatic nitrogens is 1. The van der Waals surface area contributed by atoms with Gasteiger partial charge in [0.1, 0.15) is 0 Å². The van der Waals surface area contributed by atoms with Crippen molar-refractivity contribution in [3.05, 3.63) is 23.5 Å². The van der Waals surface area contributed by atoms with Crippen LogP contribution >= 0.6 is 0 Å². The molecule has 1 aromatic rings. The lowest BCUT2D eigenvalue weighted by Crippen LogP contribution is -2.08. The average molecular weight is 194 g/mol. The van der Waals surface area contributed by atoms with Crippen molar-refractivity contribution >= 4 is 11.7 Å². The van der Waals surface area contributed by atoms with Crippen LogP contribution in [0.1, 0.15) is 17.7 Å². The molecule has 0 unspecified atom stereocenters. The molecule has 2 N–H and O–H groups in total. The highest BCUT2D eigenvalue weighted by atomic mass is 16.4. The first-order valence-corrected chi connectivity index (χ1v) is 4.48. The van der Waals surface area contributed by atoms with E-state index in [2.05, 4.69) is 10.3 Å². The van der Waals surface area contributed by atoms with Crippen LogP contribution in [-0.4, -0.2) is 22.6 Å². The van der Waals surface area contributed by atoms with Gasteiger partial charge in [-0.3, -0.25) is 9.78 Å². The minimum Gasteiger partial charge on any atom is -0.481 e. The zero-order chi connectivity index (χ0) is 10.6. The monoisotopic (exact) mass is 194 g/mol. The topological polar surface area (TPSA) is 62.2 Å². The van der Waals surface area contributed by atoms with E-state index >= 15 is 0 Å². The van der Waals surface area contributed by atoms with Crippen LogP contribution in [0.5, 0.6) is 0 Å². The number of aryl methyl sites for hydroxylation is 2. The van der Waals surface area contributed by atoms with Crippen molar-refractivity contribution in [1.29, 1.82) is 0 Å². The second-order valence-corrected chi connectivity index (χ2v) is 3.21. The predicted octanol–water partition coefficient (Wildman–Crippen LogP) is 1.59. The molecule has 0 saturated heterocycles. The maximum Gasteiger partial charge on any atom is 0.305 e. The molecule has 0 aliphatic carbocycles. The SMILES string of the molecule is Cc1cc(C)c(NCCC(=O)O)cn1. The molecule has 14 heavy (non-hydrogen) atoms. The van der Waals surface area contributed by atoms with Crippen molar-refractivity contribution in [3.63, 3.8) is 0 Å². The van der Waals surface area contributed by atoms with E-state index < -0.39 is 5.97 Å². The summed E-state index contributed by atoms with van der Waals surface area (Å²) in [5.74, 6) is -0.796. The van der Waals surface area contributed by atoms with Crippen LogP contribution in [0.3, 0.4) is 0 Å². The normalized spacial score (nSPS) is 9.86. The fourth-order valence-electron chi connectivity index (χ4n) is 1.19. The predicted molar refractivity (Wildman–Crippen MR) is 54.5 cm³/mol. The summed E-state index contributed by atoms with van der Waals surface area (Å²) in [5, 5.41) is 11.5. The maximum absolute atomic E-state index is 10.3. The highest BCUT2D eigenvalue weighted by molar-refractivity contribution is 5.67. The van der Waals surface area contributed by atoms with E-state index in [9.17, 15) is 4.79 Å². The highest BCUT2D eigenvalue weighted by Crippen LogP contribution is 2.13. The maximum atomic E-state index is 10.3. The Morgan fingerprint density at radius 2 is 2.29 bits per heavy atom. The third-order valence-electron chi connectivity index (χ3n) is 1.90. The van der Waals surface area contributed by atoms with Gasteiger partial charge in [-0.15, -0.1) is 0 Å². The molecule has 1 aromatic heterocycles. The Hall–Kier alpha value is -1.58. The first kappa shape index (κ1) is 10.5. The van der Waals surface area contributed by atoms with Crippen LogP contribution in [0.25, 0.3) is 0 Å². The van der Waals surface area contributed by atoms with Gasteiger partial charge in [-0.25, -0.2) is 0 Å². The Morgan fingerprint density at radius 1 is 1.57 bits per heavy atom. The number of carboxylic acid groups (broad SMARTS) is 1. The van der Waals surface area contributed by atoms with Crippen molar-refractivity contribution in [3.8, 4) is 0 Å². The van der Waals surface area contributed by atoms with Gasteiger partial charge in [0.2, 0.25) is 0 Å². The summed E-state index contributed by atoms with van der Waals surface area (Å²) in [4.78, 5) is 14.4. The fraction of sp³-hybridized carbons (Fsp3) is 0.400. The Morgan fingerprint density at radius 3 is 2.86 bits per heavy atom. The quantitative estimate of drug-likeness (QED) is 0.764. The number of carboxylic acids is 1. The number of pyridine rings is 1. The van der Waals surface area contributed by atoms with Crippen molar-refractivity contribution in [2.24, 2.45) is 0 Å². The lowest BCUT2D eigenvalue weighted by Gasteiger charge is -2.07. The summed E-state index contributed by atoms with van der Waals surface area (Å²) < 4.78 is 0. The first-order valence-electron chi connectivity index (χ1n) is 4.48. The summed E-state index contributed by atoms with van der Waals surface area (Å²) in [6.45, 7) is 4.33. The largest absolute Gasteiger partial charge is 0.481 e. The minimum atomic E-state index is -0.796. The molecule has 4 heteroatoms. The van der Waals surface area contributed by atoms with E-state index in [1.807, 2.05) is 19.9 Å². The van der Waals surface area contributed by atoms with E-state index in [0.29, 0.717) is 6.54 Å². The molecule has 0 fully saturated rings. The van der Waals surface area contributed by atoms with Crippen molar-refractivity contribution < 1.29 is 9.90 Å². The van der Waals surface area contributed by atoms with E-state index in [4.69, 9.17) is 5.11 Å². The fourth-order valence-corrected chi connectivity index (χ4v) is 1.19. The first-order chi connectivity index (χ1) is 6.59. The molecule has 0 amide bonds. The zero-order valence-electron chi connectivity index (χ0n) is 8.37. The van der Waals surface area contributed by atoms with E-state index in [0.717, 1.165) is 16.9 Å². The van der Waals surface area contributed by atoms with Crippen LogP contribution in [0.2, 0.25) is 0 Å². The third kappa shape index (κ3) is 3.05. The van der Waals surface area contributed by atoms with Crippen molar-refractivity contribution in [1.82, 2.24) is 4.98 Å². The smallest absolute Gasteiger partial charge is 0.305 e. The number of nitrogens with zero attached hydrogens (tertiary/aromatic N) is 1. The molecule has 76 valence electrons. The molecule has 0 atom stereocenters. The minimum absolute atomic E-state index is 0.118. The molecule has 0 radical (unpaired) electrons. The summed E-state index contributed by atoms with van der Waals surface area (Å²) in [6, 6.07) is 1.96. The summed E-state index contributed by atoms with van der Waals surface area (Å²) >= 11 is 0. The summed E-state index contributed by atoms with van der Waals surface area (Å²) in [6.07, 6.45) is 1.85. The molecule has 0 saturated carbocycles. The molecular weight excluding hydrogens is 180 g/mol. The van der Waals surface area contributed by atoms with Gasteiger partial charge in [0, 0.05) is 12.2 Å². The number of anilines is 1. The molecule has 1 rings (SSSR count). The highest BCUT2D eigenvalue weighted by Gasteiger charge is 2.00. The van der Waals surface area contributed by atoms with Crippen LogP contribution in [0, 0.1) is 13.8 Å². The standard InChI is InChI=1S/C10H14N2O2/c1-7-5-8(2)12-6-9(7)11-4-3-10(13)14/h5-6,11H,3-4H2,1-2H3,(H,13,14). The molecule has 0 aliphatic rings. The van der Waals surface area contributed by atoms with E-state index in [-0.39, 0.29) is 6.42 Å². The number of aliphatic carboxylic acids is 1. The molecule has 0 spiro atoms. The lowest BCUT2D eigenvalue weighted by atomic mass is 10.2. The van der Waals surface area contributed by atoms with Gasteiger partial charge in [0.15, 0.2) is 0 Å². The van der Waals surface area contributed by atoms with Gasteiger partial charge < -0.3 is 10.4 Å². The molecule has 0 aromatic carbocycles. The summed E-state index contributed by atoms with van der Waals surface area (Å²) in [7, 11) is 0. The van der Waals surface area contributed by atoms with Gasteiger partial charge in [-0.2, -0.15) is 0 Å². The van der Waals surface area contributed by atoms with Gasteiger partial charge in [0.05, 0.1) is 18.3 Å². The lowest BCUT2D eigenvalue weighted by molar-refractivity contribution is -0.136. The van der Waals surface area contributed by atoms with Gasteiger partial charge in [0.25, 0.3) is 0 Å². The number of hydrogen-bond donors (Lipinski definition) is 2. The van der Waals surface area contributed by atoms with Crippen molar-refractivity contribution in [2.45, 2.75) is 20.3 Å². The zero-order valence-corrected chi connectivity index (χ0v) is 8.37. The van der Waals surface area contributed by atoms with E-state index in [1.165, 1.54) is 0 Å². The second kappa shape index (κ2) is 4.60. The van der Waals surface area contributed by atoms with Crippen molar-refractivity contribution in [2.75, 3.05) is 11.9 Å². The van der Waals surface area contributed by atoms with Crippen LogP contribution in [-0.2, 0) is 4.79 Å². The molecular formula is C10H14N2O2. The van der Waals surface area contributed by atoms with Gasteiger partial charge >= 0.3 is 5.97 Å². The third-order valence-corrected chi connectivity index (χ3v) is 1.90. The Balaban J connectivity index is 2.55. The Labute approximate surface area is 83.0 Å². The van der Waals surface area contributed by atoms with E-state index in [1.54, 1.807) is 6.20 Å². The van der Waals surface area contributed by atoms with Gasteiger partial charge in [-0.1, -0.05) is 0 Å². The number of hydrogen-bond acceptors (Lipinski definition) is 3. The Kier molecular flexibility index (Phi) is 3.45. The number of carbonyl (C=O) groups is 1. The van der Waals surface area contributed by atoms with Crippen LogP contribution < -0.4 is 5.32 Å². The summed E-state index contributed by atoms with van der Waals surface area (Å²) in [5.41, 5.74) is 2.95.